The Morgan fingerprint density at radius 2 is 1.93 bits per heavy atom. The Kier molecular flexibility index (Phi) is 3.74. The number of hydrogen-bond acceptors (Lipinski definition) is 1. The highest BCUT2D eigenvalue weighted by Gasteiger charge is 1.99. The van der Waals surface area contributed by atoms with Crippen molar-refractivity contribution >= 4 is 5.57 Å². The quantitative estimate of drug-likeness (QED) is 0.563. The second kappa shape index (κ2) is 5.07. The van der Waals surface area contributed by atoms with Crippen molar-refractivity contribution in [2.75, 3.05) is 0 Å². The molecule has 14 heavy (non-hydrogen) atoms. The van der Waals surface area contributed by atoms with E-state index in [1.54, 1.807) is 13.0 Å². The second-order valence-corrected chi connectivity index (χ2v) is 2.96. The second-order valence-electron chi connectivity index (χ2n) is 2.96. The zero-order chi connectivity index (χ0) is 10.4. The maximum Gasteiger partial charge on any atom is 0.0969 e. The summed E-state index contributed by atoms with van der Waals surface area (Å²) in [5.74, 6) is 0.314. The summed E-state index contributed by atoms with van der Waals surface area (Å²) in [7, 11) is 0. The summed E-state index contributed by atoms with van der Waals surface area (Å²) in [6.45, 7) is 5.27. The van der Waals surface area contributed by atoms with E-state index in [2.05, 4.69) is 6.58 Å². The summed E-state index contributed by atoms with van der Waals surface area (Å²) in [4.78, 5) is 0. The molecule has 0 saturated heterocycles. The van der Waals surface area contributed by atoms with E-state index in [0.717, 1.165) is 11.1 Å². The van der Waals surface area contributed by atoms with Crippen LogP contribution in [0.3, 0.4) is 0 Å². The first-order valence-electron chi connectivity index (χ1n) is 4.50. The van der Waals surface area contributed by atoms with Gasteiger partial charge < -0.3 is 5.11 Å². The van der Waals surface area contributed by atoms with Gasteiger partial charge in [-0.05, 0) is 12.5 Å². The van der Waals surface area contributed by atoms with Gasteiger partial charge in [0.15, 0.2) is 0 Å². The third-order valence-electron chi connectivity index (χ3n) is 1.87. The average Bonchev–Trinajstić information content (AvgIpc) is 2.19. The van der Waals surface area contributed by atoms with Crippen LogP contribution in [0.2, 0.25) is 0 Å². The van der Waals surface area contributed by atoms with Gasteiger partial charge in [0.25, 0.3) is 0 Å². The van der Waals surface area contributed by atoms with Crippen molar-refractivity contribution in [3.63, 3.8) is 0 Å². The molecular weight excluding hydrogens is 172 g/mol. The maximum absolute atomic E-state index is 9.49. The first kappa shape index (κ1) is 10.3. The van der Waals surface area contributed by atoms with Crippen molar-refractivity contribution in [3.8, 4) is 0 Å². The van der Waals surface area contributed by atoms with Crippen LogP contribution < -0.4 is 0 Å². The molecule has 0 heterocycles. The Labute approximate surface area is 84.7 Å². The van der Waals surface area contributed by atoms with Crippen LogP contribution in [0.4, 0.5) is 0 Å². The molecule has 0 aliphatic heterocycles. The maximum atomic E-state index is 9.49. The number of benzene rings is 1. The van der Waals surface area contributed by atoms with Crippen LogP contribution >= 0.6 is 0 Å². The van der Waals surface area contributed by atoms with Crippen LogP contribution in [0, 0.1) is 0 Å². The molecular formula is C13H14O. The normalized spacial score (nSPS) is 12.6. The fourth-order valence-corrected chi connectivity index (χ4v) is 1.21. The van der Waals surface area contributed by atoms with E-state index in [1.807, 2.05) is 42.5 Å². The number of aliphatic hydroxyl groups is 1. The highest BCUT2D eigenvalue weighted by Crippen LogP contribution is 2.18. The standard InChI is InChI=1S/C13H14O/c1-3-4-10-13(11(2)14)12-8-6-5-7-9-12/h3-10,14H,1H2,2H3/b10-4-,13-11-. The van der Waals surface area contributed by atoms with Gasteiger partial charge in [0.1, 0.15) is 0 Å². The molecule has 1 nitrogen and oxygen atoms in total. The Bertz CT molecular complexity index is 354. The monoisotopic (exact) mass is 186 g/mol. The first-order valence-corrected chi connectivity index (χ1v) is 4.50. The molecule has 0 bridgehead atoms. The fourth-order valence-electron chi connectivity index (χ4n) is 1.21. The molecule has 1 heteroatoms. The van der Waals surface area contributed by atoms with Crippen molar-refractivity contribution in [1.82, 2.24) is 0 Å². The summed E-state index contributed by atoms with van der Waals surface area (Å²) in [5.41, 5.74) is 1.83. The van der Waals surface area contributed by atoms with Crippen LogP contribution in [-0.2, 0) is 0 Å². The zero-order valence-electron chi connectivity index (χ0n) is 8.27. The summed E-state index contributed by atoms with van der Waals surface area (Å²) in [6.07, 6.45) is 5.34. The topological polar surface area (TPSA) is 20.2 Å². The molecule has 72 valence electrons. The third kappa shape index (κ3) is 2.63. The lowest BCUT2D eigenvalue weighted by Gasteiger charge is -2.03. The van der Waals surface area contributed by atoms with Crippen LogP contribution in [0.5, 0.6) is 0 Å². The van der Waals surface area contributed by atoms with E-state index in [4.69, 9.17) is 0 Å². The van der Waals surface area contributed by atoms with E-state index < -0.39 is 0 Å². The minimum Gasteiger partial charge on any atom is -0.512 e. The lowest BCUT2D eigenvalue weighted by Crippen LogP contribution is -1.84. The van der Waals surface area contributed by atoms with Crippen molar-refractivity contribution in [2.24, 2.45) is 0 Å². The summed E-state index contributed by atoms with van der Waals surface area (Å²) in [5, 5.41) is 9.49. The van der Waals surface area contributed by atoms with Gasteiger partial charge >= 0.3 is 0 Å². The number of hydrogen-bond donors (Lipinski definition) is 1. The molecule has 1 N–H and O–H groups in total. The summed E-state index contributed by atoms with van der Waals surface area (Å²) < 4.78 is 0. The van der Waals surface area contributed by atoms with Gasteiger partial charge in [0, 0.05) is 5.57 Å². The Morgan fingerprint density at radius 3 is 2.43 bits per heavy atom. The molecule has 1 aromatic rings. The average molecular weight is 186 g/mol. The molecule has 0 fully saturated rings. The summed E-state index contributed by atoms with van der Waals surface area (Å²) >= 11 is 0. The molecule has 0 spiro atoms. The Morgan fingerprint density at radius 1 is 1.29 bits per heavy atom. The molecule has 0 radical (unpaired) electrons. The Balaban J connectivity index is 3.09. The van der Waals surface area contributed by atoms with Crippen molar-refractivity contribution in [1.29, 1.82) is 0 Å². The lowest BCUT2D eigenvalue weighted by molar-refractivity contribution is 0.417. The summed E-state index contributed by atoms with van der Waals surface area (Å²) in [6, 6.07) is 9.76. The minimum atomic E-state index is 0.314. The number of rotatable bonds is 3. The van der Waals surface area contributed by atoms with E-state index in [1.165, 1.54) is 0 Å². The van der Waals surface area contributed by atoms with Crippen LogP contribution in [-0.4, -0.2) is 5.11 Å². The minimum absolute atomic E-state index is 0.314. The van der Waals surface area contributed by atoms with E-state index in [-0.39, 0.29) is 0 Å². The molecule has 0 aromatic heterocycles. The molecule has 1 rings (SSSR count). The van der Waals surface area contributed by atoms with Gasteiger partial charge in [-0.25, -0.2) is 0 Å². The smallest absolute Gasteiger partial charge is 0.0969 e. The van der Waals surface area contributed by atoms with Crippen molar-refractivity contribution < 1.29 is 5.11 Å². The molecule has 0 saturated carbocycles. The lowest BCUT2D eigenvalue weighted by atomic mass is 10.0. The van der Waals surface area contributed by atoms with E-state index >= 15 is 0 Å². The third-order valence-corrected chi connectivity index (χ3v) is 1.87. The zero-order valence-corrected chi connectivity index (χ0v) is 8.27. The van der Waals surface area contributed by atoms with Gasteiger partial charge in [0.05, 0.1) is 5.76 Å². The van der Waals surface area contributed by atoms with Gasteiger partial charge in [-0.3, -0.25) is 0 Å². The highest BCUT2D eigenvalue weighted by molar-refractivity contribution is 5.75. The van der Waals surface area contributed by atoms with Crippen LogP contribution in [0.1, 0.15) is 12.5 Å². The highest BCUT2D eigenvalue weighted by atomic mass is 16.3. The van der Waals surface area contributed by atoms with Crippen molar-refractivity contribution in [2.45, 2.75) is 6.92 Å². The van der Waals surface area contributed by atoms with E-state index in [9.17, 15) is 5.11 Å². The predicted molar refractivity (Wildman–Crippen MR) is 61.0 cm³/mol. The number of allylic oxidation sites excluding steroid dienone is 5. The first-order chi connectivity index (χ1) is 6.75. The fraction of sp³-hybridized carbons (Fsp3) is 0.0769. The molecule has 0 amide bonds. The largest absolute Gasteiger partial charge is 0.512 e. The molecule has 0 aliphatic carbocycles. The molecule has 0 atom stereocenters. The van der Waals surface area contributed by atoms with Gasteiger partial charge in [-0.15, -0.1) is 0 Å². The van der Waals surface area contributed by atoms with Crippen LogP contribution in [0.15, 0.2) is 60.9 Å². The van der Waals surface area contributed by atoms with Gasteiger partial charge in [-0.1, -0.05) is 55.1 Å². The number of aliphatic hydroxyl groups excluding tert-OH is 1. The Hall–Kier alpha value is -1.76. The van der Waals surface area contributed by atoms with Crippen molar-refractivity contribution in [3.05, 3.63) is 66.5 Å². The molecule has 0 unspecified atom stereocenters. The SMILES string of the molecule is C=C/C=C\C(=C(/C)O)c1ccccc1. The van der Waals surface area contributed by atoms with Crippen LogP contribution in [0.25, 0.3) is 5.57 Å². The molecule has 0 aliphatic rings. The van der Waals surface area contributed by atoms with E-state index in [0.29, 0.717) is 5.76 Å². The van der Waals surface area contributed by atoms with Gasteiger partial charge in [0.2, 0.25) is 0 Å². The van der Waals surface area contributed by atoms with Gasteiger partial charge in [-0.2, -0.15) is 0 Å². The predicted octanol–water partition coefficient (Wildman–Crippen LogP) is 3.72. The molecule has 1 aromatic carbocycles.